The van der Waals surface area contributed by atoms with Gasteiger partial charge in [0, 0.05) is 0 Å². The van der Waals surface area contributed by atoms with Crippen molar-refractivity contribution in [1.29, 1.82) is 0 Å². The first-order valence-corrected chi connectivity index (χ1v) is 4.14. The number of hydrazine groups is 2. The lowest BCUT2D eigenvalue weighted by atomic mass is 9.92. The van der Waals surface area contributed by atoms with E-state index >= 15 is 0 Å². The zero-order valence-corrected chi connectivity index (χ0v) is 8.15. The fraction of sp³-hybridized carbons (Fsp3) is 0.714. The van der Waals surface area contributed by atoms with Gasteiger partial charge < -0.3 is 5.11 Å². The first-order chi connectivity index (χ1) is 6.45. The molecule has 0 unspecified atom stereocenters. The highest BCUT2D eigenvalue weighted by Crippen LogP contribution is 2.12. The van der Waals surface area contributed by atoms with Gasteiger partial charge in [-0.05, 0) is 0 Å². The third-order valence-corrected chi connectivity index (χ3v) is 2.14. The van der Waals surface area contributed by atoms with E-state index < -0.39 is 29.8 Å². The van der Waals surface area contributed by atoms with Crippen LogP contribution in [0, 0.1) is 11.8 Å². The van der Waals surface area contributed by atoms with Crippen molar-refractivity contribution in [2.75, 3.05) is 0 Å². The van der Waals surface area contributed by atoms with Gasteiger partial charge in [-0.1, -0.05) is 13.8 Å². The molecule has 0 bridgehead atoms. The molecule has 14 heavy (non-hydrogen) atoms. The molecule has 0 aromatic rings. The molecule has 0 aliphatic heterocycles. The molecule has 82 valence electrons. The molecular formula is C7H16N4O3. The summed E-state index contributed by atoms with van der Waals surface area (Å²) in [4.78, 5) is 22.0. The third-order valence-electron chi connectivity index (χ3n) is 2.14. The smallest absolute Gasteiger partial charge is 0.239 e. The fourth-order valence-electron chi connectivity index (χ4n) is 1.01. The van der Waals surface area contributed by atoms with Crippen molar-refractivity contribution in [3.8, 4) is 0 Å². The molecule has 2 amide bonds. The summed E-state index contributed by atoms with van der Waals surface area (Å²) in [6.07, 6.45) is -1.12. The minimum Gasteiger partial charge on any atom is -0.391 e. The Labute approximate surface area is 81.8 Å². The van der Waals surface area contributed by atoms with Crippen LogP contribution in [0.5, 0.6) is 0 Å². The highest BCUT2D eigenvalue weighted by molar-refractivity contribution is 5.82. The highest BCUT2D eigenvalue weighted by Gasteiger charge is 2.30. The lowest BCUT2D eigenvalue weighted by Gasteiger charge is -2.21. The Kier molecular flexibility index (Phi) is 5.06. The molecule has 0 aromatic carbocycles. The fourth-order valence-corrected chi connectivity index (χ4v) is 1.01. The number of carbonyl (C=O) groups is 2. The van der Waals surface area contributed by atoms with Crippen LogP contribution in [0.2, 0.25) is 0 Å². The predicted molar refractivity (Wildman–Crippen MR) is 49.0 cm³/mol. The van der Waals surface area contributed by atoms with Gasteiger partial charge in [-0.3, -0.25) is 20.4 Å². The van der Waals surface area contributed by atoms with Crippen LogP contribution in [0.1, 0.15) is 13.8 Å². The zero-order valence-electron chi connectivity index (χ0n) is 8.15. The van der Waals surface area contributed by atoms with Crippen LogP contribution in [0.25, 0.3) is 0 Å². The van der Waals surface area contributed by atoms with Gasteiger partial charge in [-0.15, -0.1) is 0 Å². The second-order valence-electron chi connectivity index (χ2n) is 3.09. The second-order valence-corrected chi connectivity index (χ2v) is 3.09. The van der Waals surface area contributed by atoms with Gasteiger partial charge in [0.15, 0.2) is 0 Å². The minimum atomic E-state index is -1.12. The molecule has 0 aliphatic carbocycles. The van der Waals surface area contributed by atoms with E-state index in [-0.39, 0.29) is 0 Å². The lowest BCUT2D eigenvalue weighted by molar-refractivity contribution is -0.134. The second kappa shape index (κ2) is 5.53. The van der Waals surface area contributed by atoms with Gasteiger partial charge in [0.25, 0.3) is 0 Å². The van der Waals surface area contributed by atoms with Crippen molar-refractivity contribution in [3.05, 3.63) is 0 Å². The van der Waals surface area contributed by atoms with Gasteiger partial charge in [0.05, 0.1) is 17.9 Å². The largest absolute Gasteiger partial charge is 0.391 e. The molecule has 7 heteroatoms. The number of carbonyl (C=O) groups excluding carboxylic acids is 2. The molecule has 7 nitrogen and oxygen atoms in total. The average Bonchev–Trinajstić information content (AvgIpc) is 2.23. The number of nitrogens with two attached hydrogens (primary N) is 2. The first kappa shape index (κ1) is 12.8. The maximum Gasteiger partial charge on any atom is 0.239 e. The standard InChI is InChI=1S/C7H16N4O3/c1-3(6(13)10-8)5(12)4(2)7(14)11-9/h3-5,12H,8-9H2,1-2H3,(H,10,13)(H,11,14)/t3-,4-/m1/s1. The van der Waals surface area contributed by atoms with E-state index in [0.29, 0.717) is 0 Å². The van der Waals surface area contributed by atoms with Gasteiger partial charge in [-0.2, -0.15) is 0 Å². The molecule has 0 saturated heterocycles. The first-order valence-electron chi connectivity index (χ1n) is 4.14. The molecule has 2 atom stereocenters. The number of amides is 2. The Morgan fingerprint density at radius 1 is 1.07 bits per heavy atom. The van der Waals surface area contributed by atoms with Crippen LogP contribution in [-0.2, 0) is 9.59 Å². The maximum atomic E-state index is 11.0. The van der Waals surface area contributed by atoms with E-state index in [4.69, 9.17) is 11.7 Å². The Hall–Kier alpha value is -1.18. The van der Waals surface area contributed by atoms with Crippen LogP contribution < -0.4 is 22.5 Å². The van der Waals surface area contributed by atoms with E-state index in [9.17, 15) is 14.7 Å². The van der Waals surface area contributed by atoms with Crippen LogP contribution in [0.15, 0.2) is 0 Å². The summed E-state index contributed by atoms with van der Waals surface area (Å²) in [5.74, 6) is 7.16. The van der Waals surface area contributed by atoms with E-state index in [1.165, 1.54) is 13.8 Å². The molecule has 0 rings (SSSR count). The van der Waals surface area contributed by atoms with Crippen molar-refractivity contribution in [2.24, 2.45) is 23.5 Å². The van der Waals surface area contributed by atoms with Crippen molar-refractivity contribution >= 4 is 11.8 Å². The van der Waals surface area contributed by atoms with Crippen molar-refractivity contribution < 1.29 is 14.7 Å². The molecule has 0 spiro atoms. The highest BCUT2D eigenvalue weighted by atomic mass is 16.3. The number of rotatable bonds is 4. The Morgan fingerprint density at radius 2 is 1.36 bits per heavy atom. The molecule has 0 aliphatic rings. The van der Waals surface area contributed by atoms with Crippen LogP contribution in [-0.4, -0.2) is 23.0 Å². The van der Waals surface area contributed by atoms with Gasteiger partial charge >= 0.3 is 0 Å². The summed E-state index contributed by atoms with van der Waals surface area (Å²) in [5, 5.41) is 9.56. The number of aliphatic hydroxyl groups excluding tert-OH is 1. The zero-order chi connectivity index (χ0) is 11.3. The summed E-state index contributed by atoms with van der Waals surface area (Å²) in [6.45, 7) is 2.93. The Bertz CT molecular complexity index is 199. The SMILES string of the molecule is C[C@@H](C(=O)NN)C(O)[C@@H](C)C(=O)NN. The molecule has 0 fully saturated rings. The van der Waals surface area contributed by atoms with E-state index in [1.54, 1.807) is 0 Å². The quantitative estimate of drug-likeness (QED) is 0.198. The Morgan fingerprint density at radius 3 is 1.57 bits per heavy atom. The normalized spacial score (nSPS) is 14.7. The van der Waals surface area contributed by atoms with E-state index in [0.717, 1.165) is 0 Å². The maximum absolute atomic E-state index is 11.0. The molecule has 7 N–H and O–H groups in total. The monoisotopic (exact) mass is 204 g/mol. The van der Waals surface area contributed by atoms with Crippen molar-refractivity contribution in [1.82, 2.24) is 10.9 Å². The van der Waals surface area contributed by atoms with Gasteiger partial charge in [0.1, 0.15) is 0 Å². The summed E-state index contributed by atoms with van der Waals surface area (Å²) < 4.78 is 0. The van der Waals surface area contributed by atoms with Crippen LogP contribution >= 0.6 is 0 Å². The summed E-state index contributed by atoms with van der Waals surface area (Å²) in [5.41, 5.74) is 3.79. The lowest BCUT2D eigenvalue weighted by Crippen LogP contribution is -2.46. The molecule has 0 heterocycles. The number of nitrogens with one attached hydrogen (secondary N) is 2. The van der Waals surface area contributed by atoms with Crippen LogP contribution in [0.3, 0.4) is 0 Å². The number of hydrogen-bond donors (Lipinski definition) is 5. The molecule has 0 radical (unpaired) electrons. The van der Waals surface area contributed by atoms with Gasteiger partial charge in [-0.25, -0.2) is 11.7 Å². The van der Waals surface area contributed by atoms with Crippen molar-refractivity contribution in [3.63, 3.8) is 0 Å². The van der Waals surface area contributed by atoms with Crippen LogP contribution in [0.4, 0.5) is 0 Å². The minimum absolute atomic E-state index is 0.533. The summed E-state index contributed by atoms with van der Waals surface area (Å²) in [7, 11) is 0. The average molecular weight is 204 g/mol. The molecular weight excluding hydrogens is 188 g/mol. The van der Waals surface area contributed by atoms with Crippen molar-refractivity contribution in [2.45, 2.75) is 20.0 Å². The molecule has 0 saturated carbocycles. The predicted octanol–water partition coefficient (Wildman–Crippen LogP) is -2.40. The summed E-state index contributed by atoms with van der Waals surface area (Å²) in [6, 6.07) is 0. The topological polar surface area (TPSA) is 130 Å². The number of hydrogen-bond acceptors (Lipinski definition) is 5. The third kappa shape index (κ3) is 2.95. The van der Waals surface area contributed by atoms with E-state index in [2.05, 4.69) is 0 Å². The number of aliphatic hydroxyl groups is 1. The Balaban J connectivity index is 4.37. The van der Waals surface area contributed by atoms with E-state index in [1.807, 2.05) is 10.9 Å². The van der Waals surface area contributed by atoms with Gasteiger partial charge in [0.2, 0.25) is 11.8 Å². The molecule has 0 aromatic heterocycles. The summed E-state index contributed by atoms with van der Waals surface area (Å²) >= 11 is 0.